The van der Waals surface area contributed by atoms with Gasteiger partial charge in [-0.15, -0.1) is 0 Å². The first kappa shape index (κ1) is 18.2. The zero-order chi connectivity index (χ0) is 18.8. The zero-order valence-corrected chi connectivity index (χ0v) is 16.1. The van der Waals surface area contributed by atoms with Gasteiger partial charge in [-0.3, -0.25) is 9.69 Å². The molecule has 2 aliphatic heterocycles. The molecule has 0 bridgehead atoms. The van der Waals surface area contributed by atoms with Crippen LogP contribution < -0.4 is 0 Å². The summed E-state index contributed by atoms with van der Waals surface area (Å²) in [4.78, 5) is 22.0. The van der Waals surface area contributed by atoms with E-state index < -0.39 is 0 Å². The maximum absolute atomic E-state index is 13.1. The normalized spacial score (nSPS) is 22.0. The van der Waals surface area contributed by atoms with Gasteiger partial charge in [0.25, 0.3) is 0 Å². The molecule has 146 valence electrons. The summed E-state index contributed by atoms with van der Waals surface area (Å²) in [5.74, 6) is 2.86. The van der Waals surface area contributed by atoms with Crippen LogP contribution in [0.5, 0.6) is 0 Å². The Kier molecular flexibility index (Phi) is 5.29. The summed E-state index contributed by atoms with van der Waals surface area (Å²) in [5, 5.41) is 4.07. The predicted molar refractivity (Wildman–Crippen MR) is 98.8 cm³/mol. The molecular formula is C20H28N4O3. The minimum Gasteiger partial charge on any atom is -0.468 e. The fraction of sp³-hybridized carbons (Fsp3) is 0.650. The van der Waals surface area contributed by atoms with Crippen molar-refractivity contribution in [2.45, 2.75) is 58.0 Å². The smallest absolute Gasteiger partial charge is 0.249 e. The fourth-order valence-corrected chi connectivity index (χ4v) is 4.10. The molecule has 2 saturated heterocycles. The lowest BCUT2D eigenvalue weighted by atomic mass is 9.95. The summed E-state index contributed by atoms with van der Waals surface area (Å²) >= 11 is 0. The lowest BCUT2D eigenvalue weighted by Gasteiger charge is -2.33. The number of aromatic nitrogens is 2. The minimum atomic E-state index is -0.0568. The van der Waals surface area contributed by atoms with Gasteiger partial charge in [0.1, 0.15) is 11.8 Å². The Morgan fingerprint density at radius 1 is 1.26 bits per heavy atom. The molecule has 2 fully saturated rings. The van der Waals surface area contributed by atoms with Crippen molar-refractivity contribution in [3.05, 3.63) is 35.9 Å². The maximum atomic E-state index is 13.1. The second-order valence-electron chi connectivity index (χ2n) is 7.96. The molecule has 2 aromatic rings. The van der Waals surface area contributed by atoms with E-state index in [-0.39, 0.29) is 23.8 Å². The van der Waals surface area contributed by atoms with Gasteiger partial charge in [-0.05, 0) is 50.9 Å². The summed E-state index contributed by atoms with van der Waals surface area (Å²) < 4.78 is 10.9. The Hall–Kier alpha value is -2.15. The largest absolute Gasteiger partial charge is 0.468 e. The minimum absolute atomic E-state index is 0.0568. The third kappa shape index (κ3) is 3.93. The van der Waals surface area contributed by atoms with E-state index >= 15 is 0 Å². The van der Waals surface area contributed by atoms with E-state index in [1.807, 2.05) is 30.9 Å². The van der Waals surface area contributed by atoms with Crippen molar-refractivity contribution in [1.29, 1.82) is 0 Å². The van der Waals surface area contributed by atoms with E-state index in [0.717, 1.165) is 63.4 Å². The van der Waals surface area contributed by atoms with Crippen molar-refractivity contribution in [2.75, 3.05) is 19.6 Å². The highest BCUT2D eigenvalue weighted by Gasteiger charge is 2.38. The molecule has 7 nitrogen and oxygen atoms in total. The second-order valence-corrected chi connectivity index (χ2v) is 7.96. The van der Waals surface area contributed by atoms with Crippen LogP contribution in [0.25, 0.3) is 0 Å². The maximum Gasteiger partial charge on any atom is 0.249 e. The van der Waals surface area contributed by atoms with Gasteiger partial charge in [0.2, 0.25) is 11.8 Å². The van der Waals surface area contributed by atoms with E-state index in [1.165, 1.54) is 0 Å². The SMILES string of the molecule is CC(C)c1noc([C@@H]2CCCN2C(=O)C2CCN(Cc3ccco3)CC2)n1. The number of nitrogens with zero attached hydrogens (tertiary/aromatic N) is 4. The van der Waals surface area contributed by atoms with Crippen LogP contribution in [0.3, 0.4) is 0 Å². The number of amides is 1. The highest BCUT2D eigenvalue weighted by molar-refractivity contribution is 5.79. The quantitative estimate of drug-likeness (QED) is 0.801. The lowest BCUT2D eigenvalue weighted by molar-refractivity contribution is -0.138. The molecule has 0 N–H and O–H groups in total. The lowest BCUT2D eigenvalue weighted by Crippen LogP contribution is -2.42. The van der Waals surface area contributed by atoms with E-state index in [4.69, 9.17) is 8.94 Å². The second kappa shape index (κ2) is 7.84. The summed E-state index contributed by atoms with van der Waals surface area (Å²) in [7, 11) is 0. The van der Waals surface area contributed by atoms with Gasteiger partial charge in [0.15, 0.2) is 5.82 Å². The number of furan rings is 1. The first-order valence-corrected chi connectivity index (χ1v) is 10.0. The van der Waals surface area contributed by atoms with Gasteiger partial charge in [0.05, 0.1) is 12.8 Å². The molecule has 1 amide bonds. The van der Waals surface area contributed by atoms with Crippen LogP contribution in [0, 0.1) is 5.92 Å². The van der Waals surface area contributed by atoms with Crippen LogP contribution in [0.4, 0.5) is 0 Å². The molecule has 0 radical (unpaired) electrons. The summed E-state index contributed by atoms with van der Waals surface area (Å²) in [6.45, 7) is 7.54. The standard InChI is InChI=1S/C20H28N4O3/c1-14(2)18-21-19(27-22-18)17-6-3-9-24(17)20(25)15-7-10-23(11-8-15)13-16-5-4-12-26-16/h4-5,12,14-15,17H,3,6-11,13H2,1-2H3/t17-/m0/s1. The van der Waals surface area contributed by atoms with Crippen LogP contribution in [0.1, 0.15) is 69.0 Å². The third-order valence-corrected chi connectivity index (χ3v) is 5.69. The number of rotatable bonds is 5. The Morgan fingerprint density at radius 3 is 2.74 bits per heavy atom. The Balaban J connectivity index is 1.36. The van der Waals surface area contributed by atoms with E-state index in [0.29, 0.717) is 5.89 Å². The summed E-state index contributed by atoms with van der Waals surface area (Å²) in [6.07, 6.45) is 5.39. The fourth-order valence-electron chi connectivity index (χ4n) is 4.10. The molecule has 0 spiro atoms. The number of carbonyl (C=O) groups excluding carboxylic acids is 1. The molecule has 0 aromatic carbocycles. The first-order valence-electron chi connectivity index (χ1n) is 10.0. The van der Waals surface area contributed by atoms with Gasteiger partial charge in [-0.2, -0.15) is 4.98 Å². The van der Waals surface area contributed by atoms with Crippen molar-refractivity contribution >= 4 is 5.91 Å². The van der Waals surface area contributed by atoms with Crippen molar-refractivity contribution in [2.24, 2.45) is 5.92 Å². The Bertz CT molecular complexity index is 747. The van der Waals surface area contributed by atoms with Crippen molar-refractivity contribution in [1.82, 2.24) is 19.9 Å². The molecule has 27 heavy (non-hydrogen) atoms. The number of piperidine rings is 1. The van der Waals surface area contributed by atoms with Crippen molar-refractivity contribution in [3.8, 4) is 0 Å². The molecule has 4 rings (SSSR count). The molecule has 1 atom stereocenters. The van der Waals surface area contributed by atoms with E-state index in [2.05, 4.69) is 15.0 Å². The van der Waals surface area contributed by atoms with Crippen LogP contribution in [0.2, 0.25) is 0 Å². The molecule has 2 aromatic heterocycles. The first-order chi connectivity index (χ1) is 13.1. The number of hydrogen-bond donors (Lipinski definition) is 0. The van der Waals surface area contributed by atoms with Crippen LogP contribution in [0.15, 0.2) is 27.3 Å². The number of likely N-dealkylation sites (tertiary alicyclic amines) is 2. The number of carbonyl (C=O) groups is 1. The van der Waals surface area contributed by atoms with Gasteiger partial charge < -0.3 is 13.8 Å². The average molecular weight is 372 g/mol. The Morgan fingerprint density at radius 2 is 2.07 bits per heavy atom. The van der Waals surface area contributed by atoms with Gasteiger partial charge in [0, 0.05) is 18.4 Å². The molecule has 0 aliphatic carbocycles. The Labute approximate surface area is 159 Å². The van der Waals surface area contributed by atoms with Gasteiger partial charge in [-0.1, -0.05) is 19.0 Å². The van der Waals surface area contributed by atoms with Crippen LogP contribution in [-0.2, 0) is 11.3 Å². The molecule has 2 aliphatic rings. The van der Waals surface area contributed by atoms with Crippen LogP contribution in [-0.4, -0.2) is 45.5 Å². The monoisotopic (exact) mass is 372 g/mol. The number of hydrogen-bond acceptors (Lipinski definition) is 6. The summed E-state index contributed by atoms with van der Waals surface area (Å²) in [5.41, 5.74) is 0. The highest BCUT2D eigenvalue weighted by Crippen LogP contribution is 2.34. The van der Waals surface area contributed by atoms with Gasteiger partial charge >= 0.3 is 0 Å². The third-order valence-electron chi connectivity index (χ3n) is 5.69. The molecule has 4 heterocycles. The van der Waals surface area contributed by atoms with E-state index in [9.17, 15) is 4.79 Å². The predicted octanol–water partition coefficient (Wildman–Crippen LogP) is 3.36. The molecule has 0 saturated carbocycles. The van der Waals surface area contributed by atoms with Crippen LogP contribution >= 0.6 is 0 Å². The highest BCUT2D eigenvalue weighted by atomic mass is 16.5. The topological polar surface area (TPSA) is 75.6 Å². The van der Waals surface area contributed by atoms with Gasteiger partial charge in [-0.25, -0.2) is 0 Å². The zero-order valence-electron chi connectivity index (χ0n) is 16.1. The molecule has 7 heteroatoms. The molecule has 0 unspecified atom stereocenters. The van der Waals surface area contributed by atoms with Crippen molar-refractivity contribution in [3.63, 3.8) is 0 Å². The molecular weight excluding hydrogens is 344 g/mol. The average Bonchev–Trinajstić information content (AvgIpc) is 3.42. The van der Waals surface area contributed by atoms with E-state index in [1.54, 1.807) is 6.26 Å². The summed E-state index contributed by atoms with van der Waals surface area (Å²) in [6, 6.07) is 3.86. The van der Waals surface area contributed by atoms with Crippen molar-refractivity contribution < 1.29 is 13.7 Å².